The first-order valence-electron chi connectivity index (χ1n) is 8.02. The predicted molar refractivity (Wildman–Crippen MR) is 92.4 cm³/mol. The van der Waals surface area contributed by atoms with Crippen LogP contribution in [-0.2, 0) is 6.42 Å². The van der Waals surface area contributed by atoms with Gasteiger partial charge in [-0.15, -0.1) is 0 Å². The molecule has 0 bridgehead atoms. The summed E-state index contributed by atoms with van der Waals surface area (Å²) in [7, 11) is 1.57. The average molecular weight is 327 g/mol. The van der Waals surface area contributed by atoms with Crippen LogP contribution < -0.4 is 19.5 Å². The van der Waals surface area contributed by atoms with Gasteiger partial charge in [-0.25, -0.2) is 0 Å². The maximum atomic E-state index is 12.5. The number of ether oxygens (including phenoxy) is 3. The lowest BCUT2D eigenvalue weighted by molar-refractivity contribution is 0.102. The van der Waals surface area contributed by atoms with Crippen molar-refractivity contribution < 1.29 is 19.0 Å². The molecule has 1 aliphatic heterocycles. The molecule has 0 saturated carbocycles. The number of rotatable bonds is 5. The summed E-state index contributed by atoms with van der Waals surface area (Å²) in [4.78, 5) is 12.5. The third-order valence-corrected chi connectivity index (χ3v) is 3.88. The fourth-order valence-corrected chi connectivity index (χ4v) is 2.77. The van der Waals surface area contributed by atoms with Crippen LogP contribution in [0.1, 0.15) is 29.8 Å². The third kappa shape index (κ3) is 3.30. The average Bonchev–Trinajstić information content (AvgIpc) is 2.94. The van der Waals surface area contributed by atoms with E-state index >= 15 is 0 Å². The SMILES string of the molecule is CCOc1cc2c(cc1NC(=O)c1cccc(OC)c1)OC(C)C2. The van der Waals surface area contributed by atoms with Crippen LogP contribution in [0.5, 0.6) is 17.2 Å². The number of carbonyl (C=O) groups excluding carboxylic acids is 1. The summed E-state index contributed by atoms with van der Waals surface area (Å²) < 4.78 is 16.6. The molecule has 24 heavy (non-hydrogen) atoms. The minimum atomic E-state index is -0.221. The maximum absolute atomic E-state index is 12.5. The van der Waals surface area contributed by atoms with Crippen LogP contribution in [0.15, 0.2) is 36.4 Å². The Morgan fingerprint density at radius 3 is 2.92 bits per heavy atom. The summed E-state index contributed by atoms with van der Waals surface area (Å²) in [6.45, 7) is 4.46. The Morgan fingerprint density at radius 1 is 1.33 bits per heavy atom. The van der Waals surface area contributed by atoms with Gasteiger partial charge in [-0.1, -0.05) is 6.07 Å². The molecule has 0 aromatic heterocycles. The van der Waals surface area contributed by atoms with E-state index in [-0.39, 0.29) is 12.0 Å². The molecule has 0 fully saturated rings. The first kappa shape index (κ1) is 16.2. The second-order valence-corrected chi connectivity index (χ2v) is 5.71. The zero-order valence-corrected chi connectivity index (χ0v) is 14.1. The molecule has 2 aromatic rings. The van der Waals surface area contributed by atoms with Gasteiger partial charge in [0.25, 0.3) is 5.91 Å². The minimum Gasteiger partial charge on any atom is -0.497 e. The molecule has 1 atom stereocenters. The van der Waals surface area contributed by atoms with E-state index in [4.69, 9.17) is 14.2 Å². The summed E-state index contributed by atoms with van der Waals surface area (Å²) in [6, 6.07) is 10.8. The Kier molecular flexibility index (Phi) is 4.60. The lowest BCUT2D eigenvalue weighted by atomic mass is 10.1. The van der Waals surface area contributed by atoms with Crippen LogP contribution in [0.2, 0.25) is 0 Å². The molecule has 1 N–H and O–H groups in total. The van der Waals surface area contributed by atoms with Crippen molar-refractivity contribution in [2.24, 2.45) is 0 Å². The number of hydrogen-bond donors (Lipinski definition) is 1. The second-order valence-electron chi connectivity index (χ2n) is 5.71. The van der Waals surface area contributed by atoms with Crippen molar-refractivity contribution in [1.29, 1.82) is 0 Å². The molecule has 5 nitrogen and oxygen atoms in total. The van der Waals surface area contributed by atoms with Gasteiger partial charge in [0.05, 0.1) is 19.4 Å². The van der Waals surface area contributed by atoms with Gasteiger partial charge in [-0.05, 0) is 38.1 Å². The van der Waals surface area contributed by atoms with E-state index in [0.29, 0.717) is 29.4 Å². The number of nitrogens with one attached hydrogen (secondary N) is 1. The van der Waals surface area contributed by atoms with Crippen molar-refractivity contribution in [3.63, 3.8) is 0 Å². The van der Waals surface area contributed by atoms with Gasteiger partial charge in [-0.2, -0.15) is 0 Å². The molecule has 126 valence electrons. The molecule has 1 amide bonds. The van der Waals surface area contributed by atoms with E-state index in [9.17, 15) is 4.79 Å². The topological polar surface area (TPSA) is 56.8 Å². The number of benzene rings is 2. The van der Waals surface area contributed by atoms with E-state index in [0.717, 1.165) is 17.7 Å². The molecule has 0 aliphatic carbocycles. The maximum Gasteiger partial charge on any atom is 0.255 e. The van der Waals surface area contributed by atoms with Crippen molar-refractivity contribution in [3.05, 3.63) is 47.5 Å². The highest BCUT2D eigenvalue weighted by Gasteiger charge is 2.22. The molecule has 1 heterocycles. The van der Waals surface area contributed by atoms with E-state index in [1.54, 1.807) is 31.4 Å². The Morgan fingerprint density at radius 2 is 2.17 bits per heavy atom. The molecule has 0 radical (unpaired) electrons. The number of amides is 1. The van der Waals surface area contributed by atoms with E-state index in [1.165, 1.54) is 0 Å². The van der Waals surface area contributed by atoms with Gasteiger partial charge in [0, 0.05) is 23.6 Å². The van der Waals surface area contributed by atoms with E-state index in [2.05, 4.69) is 5.32 Å². The quantitative estimate of drug-likeness (QED) is 0.910. The Hall–Kier alpha value is -2.69. The summed E-state index contributed by atoms with van der Waals surface area (Å²) in [6.07, 6.45) is 0.985. The molecule has 5 heteroatoms. The van der Waals surface area contributed by atoms with Gasteiger partial charge >= 0.3 is 0 Å². The molecule has 0 saturated heterocycles. The smallest absolute Gasteiger partial charge is 0.255 e. The molecule has 2 aromatic carbocycles. The molecular weight excluding hydrogens is 306 g/mol. The van der Waals surface area contributed by atoms with Crippen LogP contribution >= 0.6 is 0 Å². The van der Waals surface area contributed by atoms with Gasteiger partial charge < -0.3 is 19.5 Å². The van der Waals surface area contributed by atoms with E-state index in [1.807, 2.05) is 26.0 Å². The van der Waals surface area contributed by atoms with Crippen LogP contribution in [0.25, 0.3) is 0 Å². The van der Waals surface area contributed by atoms with Crippen molar-refractivity contribution in [2.75, 3.05) is 19.0 Å². The summed E-state index contributed by atoms with van der Waals surface area (Å²) in [5, 5.41) is 2.91. The summed E-state index contributed by atoms with van der Waals surface area (Å²) >= 11 is 0. The largest absolute Gasteiger partial charge is 0.497 e. The van der Waals surface area contributed by atoms with Crippen molar-refractivity contribution in [3.8, 4) is 17.2 Å². The molecule has 3 rings (SSSR count). The zero-order chi connectivity index (χ0) is 17.1. The highest BCUT2D eigenvalue weighted by molar-refractivity contribution is 6.05. The lowest BCUT2D eigenvalue weighted by Crippen LogP contribution is -2.13. The van der Waals surface area contributed by atoms with Crippen LogP contribution in [0, 0.1) is 0 Å². The second kappa shape index (κ2) is 6.83. The number of anilines is 1. The monoisotopic (exact) mass is 327 g/mol. The Balaban J connectivity index is 1.88. The predicted octanol–water partition coefficient (Wildman–Crippen LogP) is 3.67. The summed E-state index contributed by atoms with van der Waals surface area (Å²) in [5.74, 6) is 1.87. The van der Waals surface area contributed by atoms with Crippen LogP contribution in [-0.4, -0.2) is 25.7 Å². The van der Waals surface area contributed by atoms with Gasteiger partial charge in [-0.3, -0.25) is 4.79 Å². The third-order valence-electron chi connectivity index (χ3n) is 3.88. The number of methoxy groups -OCH3 is 1. The van der Waals surface area contributed by atoms with E-state index < -0.39 is 0 Å². The van der Waals surface area contributed by atoms with Gasteiger partial charge in [0.15, 0.2) is 0 Å². The first-order chi connectivity index (χ1) is 11.6. The fourth-order valence-electron chi connectivity index (χ4n) is 2.77. The normalized spacial score (nSPS) is 15.4. The van der Waals surface area contributed by atoms with Crippen molar-refractivity contribution >= 4 is 11.6 Å². The van der Waals surface area contributed by atoms with Crippen LogP contribution in [0.4, 0.5) is 5.69 Å². The van der Waals surface area contributed by atoms with Gasteiger partial charge in [0.2, 0.25) is 0 Å². The molecule has 1 unspecified atom stereocenters. The highest BCUT2D eigenvalue weighted by Crippen LogP contribution is 2.38. The number of carbonyl (C=O) groups is 1. The standard InChI is InChI=1S/C19H21NO4/c1-4-23-18-10-14-8-12(2)24-17(14)11-16(18)20-19(21)13-6-5-7-15(9-13)22-3/h5-7,9-12H,4,8H2,1-3H3,(H,20,21). The molecular formula is C19H21NO4. The number of fused-ring (bicyclic) bond motifs is 1. The zero-order valence-electron chi connectivity index (χ0n) is 14.1. The Labute approximate surface area is 141 Å². The van der Waals surface area contributed by atoms with Crippen molar-refractivity contribution in [1.82, 2.24) is 0 Å². The lowest BCUT2D eigenvalue weighted by Gasteiger charge is -2.14. The molecule has 0 spiro atoms. The fraction of sp³-hybridized carbons (Fsp3) is 0.316. The van der Waals surface area contributed by atoms with Gasteiger partial charge in [0.1, 0.15) is 23.4 Å². The number of hydrogen-bond acceptors (Lipinski definition) is 4. The summed E-state index contributed by atoms with van der Waals surface area (Å²) in [5.41, 5.74) is 2.23. The minimum absolute atomic E-state index is 0.138. The highest BCUT2D eigenvalue weighted by atomic mass is 16.5. The molecule has 1 aliphatic rings. The van der Waals surface area contributed by atoms with Crippen molar-refractivity contribution in [2.45, 2.75) is 26.4 Å². The first-order valence-corrected chi connectivity index (χ1v) is 8.02. The Bertz CT molecular complexity index is 757. The van der Waals surface area contributed by atoms with Crippen LogP contribution in [0.3, 0.4) is 0 Å².